The predicted octanol–water partition coefficient (Wildman–Crippen LogP) is -3.74. The van der Waals surface area contributed by atoms with Crippen molar-refractivity contribution >= 4 is 74.8 Å². The van der Waals surface area contributed by atoms with Crippen LogP contribution in [-0.2, 0) is 14.4 Å². The number of carbonyl (C=O) groups is 3. The van der Waals surface area contributed by atoms with Gasteiger partial charge in [0, 0.05) is 16.9 Å². The molecule has 2 aliphatic heterocycles. The van der Waals surface area contributed by atoms with E-state index in [0.717, 1.165) is 21.2 Å². The zero-order valence-electron chi connectivity index (χ0n) is 17.2. The van der Waals surface area contributed by atoms with Gasteiger partial charge in [-0.2, -0.15) is 0 Å². The van der Waals surface area contributed by atoms with Crippen molar-refractivity contribution in [1.29, 1.82) is 0 Å². The van der Waals surface area contributed by atoms with Crippen LogP contribution in [0.15, 0.2) is 26.1 Å². The van der Waals surface area contributed by atoms with Gasteiger partial charge in [0.2, 0.25) is 0 Å². The van der Waals surface area contributed by atoms with Crippen LogP contribution in [0, 0.1) is 6.92 Å². The quantitative estimate of drug-likeness (QED) is 0.0790. The Morgan fingerprint density at radius 2 is 2.21 bits per heavy atom. The number of carboxylic acid groups (broad SMARTS) is 1. The summed E-state index contributed by atoms with van der Waals surface area (Å²) in [6, 6.07) is -0.991. The number of β-lactam (4-membered cyclic amide) rings is 1. The van der Waals surface area contributed by atoms with E-state index in [9.17, 15) is 24.7 Å². The van der Waals surface area contributed by atoms with Crippen molar-refractivity contribution in [2.24, 2.45) is 5.16 Å². The van der Waals surface area contributed by atoms with Crippen LogP contribution in [0.5, 0.6) is 0 Å². The van der Waals surface area contributed by atoms with E-state index < -0.39 is 34.9 Å². The van der Waals surface area contributed by atoms with Crippen molar-refractivity contribution in [1.82, 2.24) is 25.4 Å². The first kappa shape index (κ1) is 25.9. The van der Waals surface area contributed by atoms with Gasteiger partial charge in [-0.15, -0.1) is 33.3 Å². The van der Waals surface area contributed by atoms with Gasteiger partial charge in [-0.25, -0.2) is 4.98 Å². The number of amides is 2. The average Bonchev–Trinajstić information content (AvgIpc) is 3.38. The van der Waals surface area contributed by atoms with Gasteiger partial charge in [-0.1, -0.05) is 28.3 Å². The predicted molar refractivity (Wildman–Crippen MR) is 117 cm³/mol. The van der Waals surface area contributed by atoms with Crippen molar-refractivity contribution in [2.45, 2.75) is 22.7 Å². The number of aryl methyl sites for hydroxylation is 1. The molecule has 2 aromatic heterocycles. The van der Waals surface area contributed by atoms with Gasteiger partial charge in [0.05, 0.1) is 11.7 Å². The molecule has 0 aromatic carbocycles. The van der Waals surface area contributed by atoms with Gasteiger partial charge >= 0.3 is 29.6 Å². The molecular weight excluding hydrogens is 521 g/mol. The molecule has 0 radical (unpaired) electrons. The van der Waals surface area contributed by atoms with Gasteiger partial charge in [-0.05, 0) is 12.5 Å². The maximum atomic E-state index is 12.7. The largest absolute Gasteiger partial charge is 1.00 e. The summed E-state index contributed by atoms with van der Waals surface area (Å²) < 4.78 is 0.693. The Morgan fingerprint density at radius 1 is 1.45 bits per heavy atom. The number of nitrogens with zero attached hydrogens (tertiary/aromatic N) is 5. The molecule has 2 aromatic rings. The summed E-state index contributed by atoms with van der Waals surface area (Å²) in [5.41, 5.74) is 5.54. The zero-order valence-corrected chi connectivity index (χ0v) is 22.4. The number of nitrogens with one attached hydrogen (secondary N) is 1. The SMILES string of the molecule is Cc1nnc(SCC2=C(C(=O)[O-])N3C(=O)C(NC(=O)C(=NO)c4csc(N)n4)[C@H]3SC2)s1.[Na+]. The molecule has 1 saturated heterocycles. The third-order valence-electron chi connectivity index (χ3n) is 4.48. The molecule has 17 heteroatoms. The number of oxime groups is 1. The summed E-state index contributed by atoms with van der Waals surface area (Å²) in [7, 11) is 0. The van der Waals surface area contributed by atoms with Crippen LogP contribution >= 0.6 is 46.2 Å². The van der Waals surface area contributed by atoms with Crippen molar-refractivity contribution in [3.05, 3.63) is 27.4 Å². The number of fused-ring (bicyclic) bond motifs is 1. The maximum absolute atomic E-state index is 12.7. The number of hydrogen-bond donors (Lipinski definition) is 3. The van der Waals surface area contributed by atoms with Crippen LogP contribution in [0.3, 0.4) is 0 Å². The van der Waals surface area contributed by atoms with E-state index in [-0.39, 0.29) is 46.1 Å². The van der Waals surface area contributed by atoms with Crippen LogP contribution in [0.2, 0.25) is 0 Å². The zero-order chi connectivity index (χ0) is 23.0. The van der Waals surface area contributed by atoms with E-state index in [2.05, 4.69) is 25.7 Å². The summed E-state index contributed by atoms with van der Waals surface area (Å²) in [5, 5.41) is 36.2. The molecule has 1 unspecified atom stereocenters. The maximum Gasteiger partial charge on any atom is 1.00 e. The third kappa shape index (κ3) is 5.21. The number of nitrogens with two attached hydrogens (primary N) is 1. The first-order valence-corrected chi connectivity index (χ1v) is 12.6. The first-order chi connectivity index (χ1) is 15.3. The summed E-state index contributed by atoms with van der Waals surface area (Å²) in [6.07, 6.45) is 0. The first-order valence-electron chi connectivity index (χ1n) is 8.85. The number of carbonyl (C=O) groups excluding carboxylic acids is 3. The number of thiazole rings is 1. The Labute approximate surface area is 225 Å². The molecular formula is C16H14N7NaO5S4. The molecule has 4 heterocycles. The Balaban J connectivity index is 0.00000306. The van der Waals surface area contributed by atoms with Gasteiger partial charge in [0.25, 0.3) is 11.8 Å². The summed E-state index contributed by atoms with van der Waals surface area (Å²) in [4.78, 5) is 42.1. The number of aromatic nitrogens is 3. The number of thioether (sulfide) groups is 2. The molecule has 2 aliphatic rings. The van der Waals surface area contributed by atoms with Gasteiger partial charge in [0.1, 0.15) is 22.1 Å². The number of rotatable bonds is 7. The number of carboxylic acids is 1. The summed E-state index contributed by atoms with van der Waals surface area (Å²) in [6.45, 7) is 1.82. The minimum absolute atomic E-state index is 0. The molecule has 0 aliphatic carbocycles. The molecule has 0 spiro atoms. The van der Waals surface area contributed by atoms with E-state index in [0.29, 0.717) is 21.4 Å². The molecule has 2 atom stereocenters. The monoisotopic (exact) mass is 535 g/mol. The Kier molecular flexibility index (Phi) is 8.41. The summed E-state index contributed by atoms with van der Waals surface area (Å²) in [5.74, 6) is -2.25. The molecule has 168 valence electrons. The second kappa shape index (κ2) is 10.7. The standard InChI is InChI=1S/C16H15N7O5S4.Na/c1-5-20-21-16(32-5)31-3-6-2-29-13-9(12(25)23(13)10(6)14(26)27)19-11(24)8(22-28)7-4-30-15(17)18-7;/h4,9,13,28H,2-3H2,1H3,(H2,17,18)(H,19,24)(H,26,27);/q;+1/p-1/t9?,13-;/m1./s1. The Bertz CT molecular complexity index is 1170. The van der Waals surface area contributed by atoms with E-state index >= 15 is 0 Å². The van der Waals surface area contributed by atoms with Gasteiger partial charge in [-0.3, -0.25) is 14.5 Å². The van der Waals surface area contributed by atoms with Gasteiger partial charge < -0.3 is 26.2 Å². The van der Waals surface area contributed by atoms with Crippen LogP contribution in [0.1, 0.15) is 10.7 Å². The number of anilines is 1. The molecule has 4 N–H and O–H groups in total. The molecule has 33 heavy (non-hydrogen) atoms. The van der Waals surface area contributed by atoms with E-state index in [1.54, 1.807) is 0 Å². The smallest absolute Gasteiger partial charge is 0.543 e. The Hall–Kier alpha value is -1.69. The fourth-order valence-electron chi connectivity index (χ4n) is 3.09. The van der Waals surface area contributed by atoms with E-state index in [4.69, 9.17) is 5.73 Å². The number of hydrogen-bond acceptors (Lipinski definition) is 14. The van der Waals surface area contributed by atoms with Crippen LogP contribution < -0.4 is 45.7 Å². The minimum atomic E-state index is -1.46. The fraction of sp³-hybridized carbons (Fsp3) is 0.312. The second-order valence-electron chi connectivity index (χ2n) is 6.50. The van der Waals surface area contributed by atoms with E-state index in [1.807, 2.05) is 6.92 Å². The molecule has 0 bridgehead atoms. The van der Waals surface area contributed by atoms with Crippen LogP contribution in [-0.4, -0.2) is 71.7 Å². The molecule has 2 amide bonds. The van der Waals surface area contributed by atoms with E-state index in [1.165, 1.54) is 40.2 Å². The summed E-state index contributed by atoms with van der Waals surface area (Å²) >= 11 is 5.09. The Morgan fingerprint density at radius 3 is 2.79 bits per heavy atom. The van der Waals surface area contributed by atoms with Gasteiger partial charge in [0.15, 0.2) is 15.2 Å². The minimum Gasteiger partial charge on any atom is -0.543 e. The van der Waals surface area contributed by atoms with Crippen molar-refractivity contribution < 1.29 is 54.3 Å². The van der Waals surface area contributed by atoms with Crippen molar-refractivity contribution in [3.63, 3.8) is 0 Å². The topological polar surface area (TPSA) is 187 Å². The normalized spacial score (nSPS) is 20.1. The fourth-order valence-corrected chi connectivity index (χ4v) is 6.94. The van der Waals surface area contributed by atoms with Crippen LogP contribution in [0.4, 0.5) is 5.13 Å². The van der Waals surface area contributed by atoms with Crippen molar-refractivity contribution in [2.75, 3.05) is 17.2 Å². The van der Waals surface area contributed by atoms with Crippen molar-refractivity contribution in [3.8, 4) is 0 Å². The molecule has 4 rings (SSSR count). The molecule has 1 fully saturated rings. The number of nitrogen functional groups attached to an aromatic ring is 1. The second-order valence-corrected chi connectivity index (χ2v) is 10.9. The third-order valence-corrected chi connectivity index (χ3v) is 8.56. The molecule has 12 nitrogen and oxygen atoms in total. The molecule has 0 saturated carbocycles. The van der Waals surface area contributed by atoms with Crippen LogP contribution in [0.25, 0.3) is 0 Å². The number of aliphatic carboxylic acids is 1. The average molecular weight is 536 g/mol.